The van der Waals surface area contributed by atoms with E-state index in [1.165, 1.54) is 0 Å². The van der Waals surface area contributed by atoms with E-state index >= 15 is 0 Å². The highest BCUT2D eigenvalue weighted by atomic mass is 79.9. The van der Waals surface area contributed by atoms with Gasteiger partial charge in [-0.15, -0.1) is 0 Å². The third kappa shape index (κ3) is 3.98. The molecule has 0 atom stereocenters. The molecule has 4 nitrogen and oxygen atoms in total. The molecule has 0 bridgehead atoms. The van der Waals surface area contributed by atoms with Crippen LogP contribution in [0.1, 0.15) is 11.1 Å². The van der Waals surface area contributed by atoms with Crippen molar-refractivity contribution in [3.63, 3.8) is 0 Å². The first kappa shape index (κ1) is 14.9. The lowest BCUT2D eigenvalue weighted by Gasteiger charge is -2.12. The van der Waals surface area contributed by atoms with Gasteiger partial charge in [0.15, 0.2) is 6.61 Å². The Balaban J connectivity index is 2.16. The van der Waals surface area contributed by atoms with E-state index in [1.807, 2.05) is 42.5 Å². The van der Waals surface area contributed by atoms with Crippen LogP contribution >= 0.6 is 15.9 Å². The maximum Gasteiger partial charge on any atom is 0.174 e. The van der Waals surface area contributed by atoms with Crippen LogP contribution < -0.4 is 10.1 Å². The molecule has 0 heterocycles. The van der Waals surface area contributed by atoms with Gasteiger partial charge in [0.05, 0.1) is 11.3 Å². The van der Waals surface area contributed by atoms with E-state index in [1.54, 1.807) is 6.07 Å². The zero-order valence-corrected chi connectivity index (χ0v) is 12.7. The molecule has 0 aliphatic rings. The Labute approximate surface area is 131 Å². The molecule has 0 aliphatic heterocycles. The van der Waals surface area contributed by atoms with Gasteiger partial charge >= 0.3 is 0 Å². The van der Waals surface area contributed by atoms with E-state index in [4.69, 9.17) is 15.3 Å². The number of hydrogen-bond acceptors (Lipinski definition) is 4. The fourth-order valence-electron chi connectivity index (χ4n) is 1.85. The molecular weight excluding hydrogens is 330 g/mol. The lowest BCUT2D eigenvalue weighted by Crippen LogP contribution is -2.04. The Morgan fingerprint density at radius 1 is 1.14 bits per heavy atom. The molecule has 2 aromatic rings. The van der Waals surface area contributed by atoms with Gasteiger partial charge in [0.1, 0.15) is 17.9 Å². The van der Waals surface area contributed by atoms with E-state index in [0.717, 1.165) is 15.7 Å². The van der Waals surface area contributed by atoms with Gasteiger partial charge in [0, 0.05) is 16.6 Å². The van der Waals surface area contributed by atoms with E-state index < -0.39 is 0 Å². The van der Waals surface area contributed by atoms with Gasteiger partial charge in [-0.2, -0.15) is 10.5 Å². The van der Waals surface area contributed by atoms with Crippen molar-refractivity contribution < 1.29 is 4.74 Å². The van der Waals surface area contributed by atoms with Crippen LogP contribution in [-0.2, 0) is 6.54 Å². The molecule has 21 heavy (non-hydrogen) atoms. The predicted octanol–water partition coefficient (Wildman–Crippen LogP) is 3.84. The Bertz CT molecular complexity index is 716. The lowest BCUT2D eigenvalue weighted by atomic mass is 10.1. The first-order chi connectivity index (χ1) is 10.2. The lowest BCUT2D eigenvalue weighted by molar-refractivity contribution is 0.364. The van der Waals surface area contributed by atoms with Gasteiger partial charge in [-0.25, -0.2) is 0 Å². The molecule has 0 fully saturated rings. The average molecular weight is 342 g/mol. The molecule has 2 aromatic carbocycles. The zero-order valence-electron chi connectivity index (χ0n) is 11.1. The van der Waals surface area contributed by atoms with Gasteiger partial charge in [-0.3, -0.25) is 0 Å². The summed E-state index contributed by atoms with van der Waals surface area (Å²) >= 11 is 3.39. The Hall–Kier alpha value is -2.50. The molecule has 1 N–H and O–H groups in total. The van der Waals surface area contributed by atoms with Crippen LogP contribution in [0.4, 0.5) is 5.69 Å². The first-order valence-electron chi connectivity index (χ1n) is 6.26. The molecule has 0 unspecified atom stereocenters. The van der Waals surface area contributed by atoms with E-state index in [2.05, 4.69) is 27.3 Å². The molecule has 2 rings (SSSR count). The number of hydrogen-bond donors (Lipinski definition) is 1. The monoisotopic (exact) mass is 341 g/mol. The normalized spacial score (nSPS) is 9.48. The second-order valence-electron chi connectivity index (χ2n) is 4.21. The van der Waals surface area contributed by atoms with Crippen molar-refractivity contribution in [3.8, 4) is 17.9 Å². The van der Waals surface area contributed by atoms with Crippen molar-refractivity contribution in [1.29, 1.82) is 10.5 Å². The number of anilines is 1. The van der Waals surface area contributed by atoms with Gasteiger partial charge < -0.3 is 10.1 Å². The minimum atomic E-state index is 0.0113. The molecule has 0 radical (unpaired) electrons. The van der Waals surface area contributed by atoms with Crippen molar-refractivity contribution in [1.82, 2.24) is 0 Å². The van der Waals surface area contributed by atoms with E-state index in [9.17, 15) is 0 Å². The number of ether oxygens (including phenoxy) is 1. The molecule has 0 amide bonds. The number of nitrogens with zero attached hydrogens (tertiary/aromatic N) is 2. The molecule has 104 valence electrons. The summed E-state index contributed by atoms with van der Waals surface area (Å²) in [5.74, 6) is 0.667. The van der Waals surface area contributed by atoms with Gasteiger partial charge in [-0.1, -0.05) is 34.1 Å². The van der Waals surface area contributed by atoms with Crippen molar-refractivity contribution in [2.24, 2.45) is 0 Å². The summed E-state index contributed by atoms with van der Waals surface area (Å²) in [6.07, 6.45) is 0. The zero-order chi connectivity index (χ0) is 15.1. The summed E-state index contributed by atoms with van der Waals surface area (Å²) in [7, 11) is 0. The molecule has 0 saturated heterocycles. The summed E-state index contributed by atoms with van der Waals surface area (Å²) < 4.78 is 6.28. The third-order valence-electron chi connectivity index (χ3n) is 2.84. The van der Waals surface area contributed by atoms with Gasteiger partial charge in [0.2, 0.25) is 0 Å². The number of benzene rings is 2. The van der Waals surface area contributed by atoms with Crippen LogP contribution in [-0.4, -0.2) is 6.61 Å². The second-order valence-corrected chi connectivity index (χ2v) is 5.13. The summed E-state index contributed by atoms with van der Waals surface area (Å²) in [5.41, 5.74) is 2.26. The SMILES string of the molecule is N#CCOc1ccccc1CNc1cc(Br)ccc1C#N. The number of rotatable bonds is 5. The Morgan fingerprint density at radius 3 is 2.71 bits per heavy atom. The topological polar surface area (TPSA) is 68.8 Å². The number of nitrogens with one attached hydrogen (secondary N) is 1. The summed E-state index contributed by atoms with van der Waals surface area (Å²) in [4.78, 5) is 0. The summed E-state index contributed by atoms with van der Waals surface area (Å²) in [6.45, 7) is 0.518. The van der Waals surface area contributed by atoms with Crippen molar-refractivity contribution in [2.45, 2.75) is 6.54 Å². The highest BCUT2D eigenvalue weighted by molar-refractivity contribution is 9.10. The van der Waals surface area contributed by atoms with E-state index in [0.29, 0.717) is 17.9 Å². The molecule has 0 aliphatic carbocycles. The summed E-state index contributed by atoms with van der Waals surface area (Å²) in [5, 5.41) is 20.9. The van der Waals surface area contributed by atoms with Crippen molar-refractivity contribution in [3.05, 3.63) is 58.1 Å². The molecule has 0 saturated carbocycles. The highest BCUT2D eigenvalue weighted by Crippen LogP contribution is 2.23. The van der Waals surface area contributed by atoms with E-state index in [-0.39, 0.29) is 6.61 Å². The van der Waals surface area contributed by atoms with Crippen LogP contribution in [0.3, 0.4) is 0 Å². The largest absolute Gasteiger partial charge is 0.478 e. The smallest absolute Gasteiger partial charge is 0.174 e. The fourth-order valence-corrected chi connectivity index (χ4v) is 2.21. The van der Waals surface area contributed by atoms with Gasteiger partial charge in [-0.05, 0) is 24.3 Å². The minimum Gasteiger partial charge on any atom is -0.478 e. The van der Waals surface area contributed by atoms with Crippen molar-refractivity contribution in [2.75, 3.05) is 11.9 Å². The van der Waals surface area contributed by atoms with Crippen LogP contribution in [0.25, 0.3) is 0 Å². The van der Waals surface area contributed by atoms with Crippen LogP contribution in [0.2, 0.25) is 0 Å². The van der Waals surface area contributed by atoms with Crippen LogP contribution in [0.15, 0.2) is 46.9 Å². The number of nitriles is 2. The second kappa shape index (κ2) is 7.33. The average Bonchev–Trinajstić information content (AvgIpc) is 2.52. The van der Waals surface area contributed by atoms with Crippen LogP contribution in [0.5, 0.6) is 5.75 Å². The maximum absolute atomic E-state index is 9.11. The fraction of sp³-hybridized carbons (Fsp3) is 0.125. The Morgan fingerprint density at radius 2 is 1.95 bits per heavy atom. The van der Waals surface area contributed by atoms with Crippen molar-refractivity contribution >= 4 is 21.6 Å². The molecule has 5 heteroatoms. The molecule has 0 aromatic heterocycles. The maximum atomic E-state index is 9.11. The third-order valence-corrected chi connectivity index (χ3v) is 3.33. The summed E-state index contributed by atoms with van der Waals surface area (Å²) in [6, 6.07) is 17.0. The Kier molecular flexibility index (Phi) is 5.20. The predicted molar refractivity (Wildman–Crippen MR) is 83.7 cm³/mol. The first-order valence-corrected chi connectivity index (χ1v) is 7.05. The van der Waals surface area contributed by atoms with Gasteiger partial charge in [0.25, 0.3) is 0 Å². The molecular formula is C16H12BrN3O. The standard InChI is InChI=1S/C16H12BrN3O/c17-14-6-5-12(10-19)15(9-14)20-11-13-3-1-2-4-16(13)21-8-7-18/h1-6,9,20H,8,11H2. The number of halogens is 1. The molecule has 0 spiro atoms. The minimum absolute atomic E-state index is 0.0113. The highest BCUT2D eigenvalue weighted by Gasteiger charge is 2.06. The van der Waals surface area contributed by atoms with Crippen LogP contribution in [0, 0.1) is 22.7 Å². The number of para-hydroxylation sites is 1. The quantitative estimate of drug-likeness (QED) is 0.896.